The number of halogens is 3. The molecule has 0 atom stereocenters. The van der Waals surface area contributed by atoms with E-state index in [1.54, 1.807) is 6.07 Å². The van der Waals surface area contributed by atoms with E-state index in [9.17, 15) is 13.2 Å². The molecule has 0 spiro atoms. The molecule has 1 aromatic heterocycles. The second kappa shape index (κ2) is 5.48. The number of piperidine rings is 1. The Morgan fingerprint density at radius 2 is 1.90 bits per heavy atom. The summed E-state index contributed by atoms with van der Waals surface area (Å²) in [5, 5.41) is 8.04. The van der Waals surface area contributed by atoms with Crippen molar-refractivity contribution in [3.63, 3.8) is 0 Å². The number of aromatic nitrogens is 2. The van der Waals surface area contributed by atoms with Crippen LogP contribution in [0.5, 0.6) is 0 Å². The molecule has 21 heavy (non-hydrogen) atoms. The molecule has 1 fully saturated rings. The molecular weight excluding hydrogens is 283 g/mol. The summed E-state index contributed by atoms with van der Waals surface area (Å²) in [6.45, 7) is 1.51. The van der Waals surface area contributed by atoms with Crippen LogP contribution in [0.4, 0.5) is 13.2 Å². The van der Waals surface area contributed by atoms with Crippen molar-refractivity contribution in [2.45, 2.75) is 24.9 Å². The average molecular weight is 296 g/mol. The van der Waals surface area contributed by atoms with Crippen molar-refractivity contribution >= 4 is 0 Å². The number of hydrogen-bond acceptors (Lipinski definition) is 3. The monoisotopic (exact) mass is 296 g/mol. The van der Waals surface area contributed by atoms with Crippen molar-refractivity contribution in [1.82, 2.24) is 15.5 Å². The molecule has 2 heterocycles. The Balaban J connectivity index is 1.86. The van der Waals surface area contributed by atoms with Gasteiger partial charge in [-0.2, -0.15) is 18.2 Å². The van der Waals surface area contributed by atoms with E-state index in [1.165, 1.54) is 6.07 Å². The highest BCUT2D eigenvalue weighted by molar-refractivity contribution is 5.55. The van der Waals surface area contributed by atoms with Gasteiger partial charge >= 0.3 is 6.18 Å². The fourth-order valence-corrected chi connectivity index (χ4v) is 2.35. The number of hydrogen-bond donors (Lipinski definition) is 0. The molecule has 0 N–H and O–H groups in total. The molecule has 1 aromatic carbocycles. The van der Waals surface area contributed by atoms with Crippen molar-refractivity contribution in [1.29, 1.82) is 0 Å². The van der Waals surface area contributed by atoms with Crippen LogP contribution < -0.4 is 5.32 Å². The minimum Gasteiger partial charge on any atom is -0.339 e. The largest absolute Gasteiger partial charge is 0.416 e. The highest BCUT2D eigenvalue weighted by Gasteiger charge is 2.31. The molecule has 0 saturated carbocycles. The van der Waals surface area contributed by atoms with Gasteiger partial charge in [0.2, 0.25) is 11.7 Å². The standard InChI is InChI=1S/C14H13F3N3O/c15-14(16,17)11-3-1-2-10(8-11)12-19-13(21-20-12)9-4-6-18-7-5-9/h1-3,8-9H,4-7H2. The van der Waals surface area contributed by atoms with E-state index in [0.29, 0.717) is 11.5 Å². The summed E-state index contributed by atoms with van der Waals surface area (Å²) in [5.74, 6) is 0.825. The number of nitrogens with zero attached hydrogens (tertiary/aromatic N) is 3. The smallest absolute Gasteiger partial charge is 0.339 e. The average Bonchev–Trinajstić information content (AvgIpc) is 2.97. The van der Waals surface area contributed by atoms with E-state index in [-0.39, 0.29) is 11.7 Å². The van der Waals surface area contributed by atoms with Crippen LogP contribution in [0, 0.1) is 0 Å². The first-order valence-corrected chi connectivity index (χ1v) is 6.68. The van der Waals surface area contributed by atoms with Gasteiger partial charge in [-0.25, -0.2) is 5.32 Å². The highest BCUT2D eigenvalue weighted by Crippen LogP contribution is 2.32. The maximum Gasteiger partial charge on any atom is 0.416 e. The van der Waals surface area contributed by atoms with Gasteiger partial charge in [-0.1, -0.05) is 17.3 Å². The van der Waals surface area contributed by atoms with Gasteiger partial charge in [0.05, 0.1) is 5.56 Å². The van der Waals surface area contributed by atoms with E-state index >= 15 is 0 Å². The lowest BCUT2D eigenvalue weighted by Gasteiger charge is -2.17. The number of alkyl halides is 3. The second-order valence-corrected chi connectivity index (χ2v) is 4.98. The Morgan fingerprint density at radius 1 is 1.14 bits per heavy atom. The summed E-state index contributed by atoms with van der Waals surface area (Å²) in [4.78, 5) is 4.24. The number of benzene rings is 1. The van der Waals surface area contributed by atoms with Crippen LogP contribution in [-0.4, -0.2) is 23.2 Å². The molecule has 1 aliphatic heterocycles. The molecular formula is C14H13F3N3O. The van der Waals surface area contributed by atoms with Crippen LogP contribution in [0.25, 0.3) is 11.4 Å². The lowest BCUT2D eigenvalue weighted by molar-refractivity contribution is -0.137. The molecule has 4 nitrogen and oxygen atoms in total. The summed E-state index contributed by atoms with van der Waals surface area (Å²) in [6.07, 6.45) is -2.71. The molecule has 3 rings (SSSR count). The molecule has 7 heteroatoms. The van der Waals surface area contributed by atoms with Crippen molar-refractivity contribution in [3.05, 3.63) is 35.7 Å². The van der Waals surface area contributed by atoms with Crippen LogP contribution in [0.1, 0.15) is 30.2 Å². The minimum atomic E-state index is -4.38. The fourth-order valence-electron chi connectivity index (χ4n) is 2.35. The van der Waals surface area contributed by atoms with Crippen LogP contribution in [0.2, 0.25) is 0 Å². The Labute approximate surface area is 119 Å². The van der Waals surface area contributed by atoms with E-state index in [0.717, 1.165) is 38.1 Å². The van der Waals surface area contributed by atoms with Gasteiger partial charge in [0.15, 0.2) is 0 Å². The molecule has 0 unspecified atom stereocenters. The predicted molar refractivity (Wildman–Crippen MR) is 68.6 cm³/mol. The van der Waals surface area contributed by atoms with Gasteiger partial charge in [-0.15, -0.1) is 0 Å². The molecule has 1 radical (unpaired) electrons. The highest BCUT2D eigenvalue weighted by atomic mass is 19.4. The molecule has 1 saturated heterocycles. The van der Waals surface area contributed by atoms with Crippen LogP contribution in [0.15, 0.2) is 28.8 Å². The van der Waals surface area contributed by atoms with E-state index in [1.807, 2.05) is 0 Å². The van der Waals surface area contributed by atoms with Gasteiger partial charge in [0, 0.05) is 24.6 Å². The Hall–Kier alpha value is -1.89. The van der Waals surface area contributed by atoms with Gasteiger partial charge in [0.1, 0.15) is 0 Å². The lowest BCUT2D eigenvalue weighted by Crippen LogP contribution is -2.21. The van der Waals surface area contributed by atoms with E-state index in [4.69, 9.17) is 4.52 Å². The van der Waals surface area contributed by atoms with Crippen LogP contribution >= 0.6 is 0 Å². The minimum absolute atomic E-state index is 0.148. The summed E-state index contributed by atoms with van der Waals surface area (Å²) >= 11 is 0. The van der Waals surface area contributed by atoms with Gasteiger partial charge in [-0.3, -0.25) is 0 Å². The summed E-state index contributed by atoms with van der Waals surface area (Å²) in [6, 6.07) is 4.94. The molecule has 0 aliphatic carbocycles. The van der Waals surface area contributed by atoms with Gasteiger partial charge in [-0.05, 0) is 25.0 Å². The Bertz CT molecular complexity index is 618. The molecule has 111 valence electrons. The normalized spacial score (nSPS) is 17.1. The molecule has 0 bridgehead atoms. The third kappa shape index (κ3) is 3.07. The second-order valence-electron chi connectivity index (χ2n) is 4.98. The number of rotatable bonds is 2. The summed E-state index contributed by atoms with van der Waals surface area (Å²) in [5.41, 5.74) is -0.414. The fraction of sp³-hybridized carbons (Fsp3) is 0.429. The molecule has 0 amide bonds. The van der Waals surface area contributed by atoms with Crippen molar-refractivity contribution in [2.75, 3.05) is 13.1 Å². The first-order valence-electron chi connectivity index (χ1n) is 6.68. The van der Waals surface area contributed by atoms with Crippen LogP contribution in [0.3, 0.4) is 0 Å². The van der Waals surface area contributed by atoms with E-state index in [2.05, 4.69) is 15.5 Å². The lowest BCUT2D eigenvalue weighted by atomic mass is 9.98. The predicted octanol–water partition coefficient (Wildman–Crippen LogP) is 3.24. The first kappa shape index (κ1) is 14.1. The maximum absolute atomic E-state index is 12.7. The summed E-state index contributed by atoms with van der Waals surface area (Å²) in [7, 11) is 0. The molecule has 1 aliphatic rings. The van der Waals surface area contributed by atoms with Crippen molar-refractivity contribution in [3.8, 4) is 11.4 Å². The third-order valence-corrected chi connectivity index (χ3v) is 3.51. The zero-order chi connectivity index (χ0) is 14.9. The zero-order valence-corrected chi connectivity index (χ0v) is 11.1. The Morgan fingerprint density at radius 3 is 2.62 bits per heavy atom. The van der Waals surface area contributed by atoms with Gasteiger partial charge < -0.3 is 4.52 Å². The first-order chi connectivity index (χ1) is 10.0. The van der Waals surface area contributed by atoms with Crippen molar-refractivity contribution in [2.24, 2.45) is 0 Å². The van der Waals surface area contributed by atoms with Crippen LogP contribution in [-0.2, 0) is 6.18 Å². The third-order valence-electron chi connectivity index (χ3n) is 3.51. The summed E-state index contributed by atoms with van der Waals surface area (Å²) < 4.78 is 43.3. The van der Waals surface area contributed by atoms with Crippen molar-refractivity contribution < 1.29 is 17.7 Å². The SMILES string of the molecule is FC(F)(F)c1cccc(-c2noc(C3CC[N]CC3)n2)c1. The zero-order valence-electron chi connectivity index (χ0n) is 11.1. The topological polar surface area (TPSA) is 53.0 Å². The van der Waals surface area contributed by atoms with Gasteiger partial charge in [0.25, 0.3) is 0 Å². The van der Waals surface area contributed by atoms with E-state index < -0.39 is 11.7 Å². The maximum atomic E-state index is 12.7. The molecule has 2 aromatic rings. The quantitative estimate of drug-likeness (QED) is 0.855. The Kier molecular flexibility index (Phi) is 3.67.